The molecule has 1 aliphatic heterocycles. The fraction of sp³-hybridized carbons (Fsp3) is 0.429. The van der Waals surface area contributed by atoms with Crippen LogP contribution in [0.1, 0.15) is 24.4 Å². The molecule has 0 bridgehead atoms. The number of carboxylic acid groups (broad SMARTS) is 1. The fourth-order valence-electron chi connectivity index (χ4n) is 2.45. The number of aliphatic hydroxyl groups excluding tert-OH is 1. The summed E-state index contributed by atoms with van der Waals surface area (Å²) in [6.45, 7) is 0.0529. The normalized spacial score (nSPS) is 23.6. The van der Waals surface area contributed by atoms with E-state index in [4.69, 9.17) is 10.8 Å². The van der Waals surface area contributed by atoms with Gasteiger partial charge in [-0.05, 0) is 5.56 Å². The van der Waals surface area contributed by atoms with Crippen molar-refractivity contribution >= 4 is 11.9 Å². The Hall–Kier alpha value is -1.92. The highest BCUT2D eigenvalue weighted by Gasteiger charge is 2.39. The lowest BCUT2D eigenvalue weighted by molar-refractivity contribution is -0.148. The quantitative estimate of drug-likeness (QED) is 0.726. The summed E-state index contributed by atoms with van der Waals surface area (Å²) >= 11 is 0. The summed E-state index contributed by atoms with van der Waals surface area (Å²) in [6, 6.07) is 7.74. The van der Waals surface area contributed by atoms with Crippen molar-refractivity contribution < 1.29 is 19.8 Å². The maximum absolute atomic E-state index is 12.2. The van der Waals surface area contributed by atoms with E-state index in [0.29, 0.717) is 0 Å². The largest absolute Gasteiger partial charge is 0.480 e. The van der Waals surface area contributed by atoms with E-state index in [1.54, 1.807) is 0 Å². The molecule has 6 nitrogen and oxygen atoms in total. The number of aliphatic hydroxyl groups is 1. The van der Waals surface area contributed by atoms with Gasteiger partial charge in [-0.15, -0.1) is 0 Å². The number of carbonyl (C=O) groups excluding carboxylic acids is 1. The number of carbonyl (C=O) groups is 2. The zero-order valence-corrected chi connectivity index (χ0v) is 11.0. The average molecular weight is 278 g/mol. The van der Waals surface area contributed by atoms with Gasteiger partial charge < -0.3 is 20.8 Å². The standard InChI is InChI=1S/C14H18N2O4/c15-11(9-4-2-1-3-5-9)7-13(18)16-8-10(17)6-12(16)14(19)20/h1-5,10-12,17H,6-8,15H2,(H,19,20)/t10-,11?,12+/m1/s1. The van der Waals surface area contributed by atoms with Crippen LogP contribution in [0.2, 0.25) is 0 Å². The molecule has 1 fully saturated rings. The number of nitrogens with zero attached hydrogens (tertiary/aromatic N) is 1. The Morgan fingerprint density at radius 1 is 1.35 bits per heavy atom. The van der Waals surface area contributed by atoms with Gasteiger partial charge in [-0.3, -0.25) is 4.79 Å². The molecule has 0 aliphatic carbocycles. The molecular weight excluding hydrogens is 260 g/mol. The Bertz CT molecular complexity index is 491. The van der Waals surface area contributed by atoms with Crippen molar-refractivity contribution in [3.05, 3.63) is 35.9 Å². The van der Waals surface area contributed by atoms with Crippen LogP contribution in [0.4, 0.5) is 0 Å². The van der Waals surface area contributed by atoms with Gasteiger partial charge in [-0.1, -0.05) is 30.3 Å². The highest BCUT2D eigenvalue weighted by molar-refractivity contribution is 5.84. The van der Waals surface area contributed by atoms with E-state index in [1.807, 2.05) is 30.3 Å². The number of nitrogens with two attached hydrogens (primary N) is 1. The Kier molecular flexibility index (Phi) is 4.36. The average Bonchev–Trinajstić information content (AvgIpc) is 2.82. The first-order valence-electron chi connectivity index (χ1n) is 6.50. The zero-order chi connectivity index (χ0) is 14.7. The third kappa shape index (κ3) is 3.15. The Balaban J connectivity index is 2.02. The summed E-state index contributed by atoms with van der Waals surface area (Å²) in [6.07, 6.45) is -0.685. The summed E-state index contributed by atoms with van der Waals surface area (Å²) in [7, 11) is 0. The van der Waals surface area contributed by atoms with E-state index in [9.17, 15) is 14.7 Å². The minimum absolute atomic E-state index is 0.0283. The molecular formula is C14H18N2O4. The lowest BCUT2D eigenvalue weighted by Crippen LogP contribution is -2.41. The van der Waals surface area contributed by atoms with E-state index < -0.39 is 24.2 Å². The maximum Gasteiger partial charge on any atom is 0.326 e. The number of carboxylic acids is 1. The van der Waals surface area contributed by atoms with Gasteiger partial charge in [-0.2, -0.15) is 0 Å². The Morgan fingerprint density at radius 2 is 2.00 bits per heavy atom. The summed E-state index contributed by atoms with van der Waals surface area (Å²) in [5.74, 6) is -1.44. The molecule has 0 radical (unpaired) electrons. The van der Waals surface area contributed by atoms with Crippen molar-refractivity contribution in [2.24, 2.45) is 5.73 Å². The number of amides is 1. The number of benzene rings is 1. The highest BCUT2D eigenvalue weighted by Crippen LogP contribution is 2.22. The highest BCUT2D eigenvalue weighted by atomic mass is 16.4. The molecule has 0 saturated carbocycles. The molecule has 1 saturated heterocycles. The SMILES string of the molecule is NC(CC(=O)N1C[C@H](O)C[C@H]1C(=O)O)c1ccccc1. The van der Waals surface area contributed by atoms with Gasteiger partial charge >= 0.3 is 5.97 Å². The summed E-state index contributed by atoms with van der Waals surface area (Å²) in [4.78, 5) is 24.4. The molecule has 4 N–H and O–H groups in total. The monoisotopic (exact) mass is 278 g/mol. The van der Waals surface area contributed by atoms with E-state index in [-0.39, 0.29) is 25.3 Å². The lowest BCUT2D eigenvalue weighted by atomic mass is 10.0. The van der Waals surface area contributed by atoms with Gasteiger partial charge in [-0.25, -0.2) is 4.79 Å². The second kappa shape index (κ2) is 6.02. The van der Waals surface area contributed by atoms with Crippen LogP contribution >= 0.6 is 0 Å². The second-order valence-corrected chi connectivity index (χ2v) is 5.01. The molecule has 6 heteroatoms. The topological polar surface area (TPSA) is 104 Å². The molecule has 1 heterocycles. The summed E-state index contributed by atoms with van der Waals surface area (Å²) in [5.41, 5.74) is 6.79. The van der Waals surface area contributed by atoms with Gasteiger partial charge in [0.05, 0.1) is 6.10 Å². The molecule has 0 spiro atoms. The molecule has 2 rings (SSSR count). The molecule has 1 aliphatic rings. The molecule has 0 aromatic heterocycles. The van der Waals surface area contributed by atoms with Crippen molar-refractivity contribution in [2.75, 3.05) is 6.54 Å². The van der Waals surface area contributed by atoms with Crippen molar-refractivity contribution in [1.29, 1.82) is 0 Å². The number of hydrogen-bond acceptors (Lipinski definition) is 4. The van der Waals surface area contributed by atoms with Crippen LogP contribution in [0.25, 0.3) is 0 Å². The molecule has 3 atom stereocenters. The number of β-amino-alcohol motifs (C(OH)–C–C–N with tert-alkyl or cyclic N) is 1. The molecule has 20 heavy (non-hydrogen) atoms. The number of aliphatic carboxylic acids is 1. The van der Waals surface area contributed by atoms with Gasteiger partial charge in [0, 0.05) is 25.4 Å². The van der Waals surface area contributed by atoms with Crippen LogP contribution in [-0.2, 0) is 9.59 Å². The van der Waals surface area contributed by atoms with Crippen LogP contribution in [0, 0.1) is 0 Å². The molecule has 1 amide bonds. The predicted octanol–water partition coefficient (Wildman–Crippen LogP) is 0.123. The second-order valence-electron chi connectivity index (χ2n) is 5.01. The van der Waals surface area contributed by atoms with Crippen LogP contribution in [0.5, 0.6) is 0 Å². The van der Waals surface area contributed by atoms with Crippen LogP contribution in [0.3, 0.4) is 0 Å². The van der Waals surface area contributed by atoms with Crippen molar-refractivity contribution in [3.8, 4) is 0 Å². The molecule has 108 valence electrons. The summed E-state index contributed by atoms with van der Waals surface area (Å²) in [5, 5.41) is 18.6. The summed E-state index contributed by atoms with van der Waals surface area (Å²) < 4.78 is 0. The van der Waals surface area contributed by atoms with Gasteiger partial charge in [0.25, 0.3) is 0 Å². The van der Waals surface area contributed by atoms with Crippen molar-refractivity contribution in [1.82, 2.24) is 4.90 Å². The third-order valence-electron chi connectivity index (χ3n) is 3.51. The number of likely N-dealkylation sites (tertiary alicyclic amines) is 1. The van der Waals surface area contributed by atoms with E-state index >= 15 is 0 Å². The molecule has 1 unspecified atom stereocenters. The van der Waals surface area contributed by atoms with Crippen molar-refractivity contribution in [2.45, 2.75) is 31.0 Å². The van der Waals surface area contributed by atoms with Gasteiger partial charge in [0.2, 0.25) is 5.91 Å². The zero-order valence-electron chi connectivity index (χ0n) is 11.0. The maximum atomic E-state index is 12.2. The predicted molar refractivity (Wildman–Crippen MR) is 71.7 cm³/mol. The van der Waals surface area contributed by atoms with Crippen molar-refractivity contribution in [3.63, 3.8) is 0 Å². The fourth-order valence-corrected chi connectivity index (χ4v) is 2.45. The number of rotatable bonds is 4. The van der Waals surface area contributed by atoms with Crippen LogP contribution < -0.4 is 5.73 Å². The van der Waals surface area contributed by atoms with E-state index in [0.717, 1.165) is 5.56 Å². The first-order chi connectivity index (χ1) is 9.49. The Labute approximate surface area is 116 Å². The molecule has 1 aromatic rings. The first kappa shape index (κ1) is 14.5. The van der Waals surface area contributed by atoms with E-state index in [2.05, 4.69) is 0 Å². The smallest absolute Gasteiger partial charge is 0.326 e. The minimum Gasteiger partial charge on any atom is -0.480 e. The van der Waals surface area contributed by atoms with Crippen LogP contribution in [0.15, 0.2) is 30.3 Å². The van der Waals surface area contributed by atoms with E-state index in [1.165, 1.54) is 4.90 Å². The number of hydrogen-bond donors (Lipinski definition) is 3. The minimum atomic E-state index is -1.09. The molecule has 1 aromatic carbocycles. The lowest BCUT2D eigenvalue weighted by Gasteiger charge is -2.23. The van der Waals surface area contributed by atoms with Gasteiger partial charge in [0.15, 0.2) is 0 Å². The third-order valence-corrected chi connectivity index (χ3v) is 3.51. The van der Waals surface area contributed by atoms with Gasteiger partial charge in [0.1, 0.15) is 6.04 Å². The first-order valence-corrected chi connectivity index (χ1v) is 6.50. The Morgan fingerprint density at radius 3 is 2.60 bits per heavy atom. The van der Waals surface area contributed by atoms with Crippen LogP contribution in [-0.4, -0.2) is 45.7 Å².